The third-order valence-electron chi connectivity index (χ3n) is 3.84. The normalized spacial score (nSPS) is 17.8. The van der Waals surface area contributed by atoms with Crippen molar-refractivity contribution in [3.8, 4) is 0 Å². The van der Waals surface area contributed by atoms with Crippen LogP contribution in [0.15, 0.2) is 54.9 Å². The van der Waals surface area contributed by atoms with E-state index in [1.54, 1.807) is 0 Å². The molecular formula is C18H24N4O4S2. The Morgan fingerprint density at radius 2 is 2.07 bits per heavy atom. The predicted octanol–water partition coefficient (Wildman–Crippen LogP) is 3.68. The van der Waals surface area contributed by atoms with Gasteiger partial charge in [0.25, 0.3) is 0 Å². The summed E-state index contributed by atoms with van der Waals surface area (Å²) >= 11 is 3.00. The second-order valence-electron chi connectivity index (χ2n) is 5.95. The van der Waals surface area contributed by atoms with Crippen LogP contribution in [0.25, 0.3) is 0 Å². The summed E-state index contributed by atoms with van der Waals surface area (Å²) in [6.07, 6.45) is 3.87. The van der Waals surface area contributed by atoms with Crippen molar-refractivity contribution in [2.45, 2.75) is 40.7 Å². The number of hydrogen-bond acceptors (Lipinski definition) is 8. The maximum atomic E-state index is 11.3. The molecule has 152 valence electrons. The summed E-state index contributed by atoms with van der Waals surface area (Å²) in [5.74, 6) is -0.956. The number of aliphatic hydroxyl groups excluding tert-OH is 1. The molecule has 1 aromatic carbocycles. The van der Waals surface area contributed by atoms with Gasteiger partial charge >= 0.3 is 5.97 Å². The van der Waals surface area contributed by atoms with E-state index in [1.165, 1.54) is 29.7 Å². The van der Waals surface area contributed by atoms with Crippen molar-refractivity contribution >= 4 is 35.7 Å². The van der Waals surface area contributed by atoms with E-state index in [2.05, 4.69) is 15.8 Å². The monoisotopic (exact) mass is 424 g/mol. The fourth-order valence-corrected chi connectivity index (χ4v) is 5.08. The predicted molar refractivity (Wildman–Crippen MR) is 110 cm³/mol. The number of thioether (sulfide) groups is 2. The molecule has 4 N–H and O–H groups in total. The lowest BCUT2D eigenvalue weighted by Gasteiger charge is -2.26. The van der Waals surface area contributed by atoms with E-state index in [0.717, 1.165) is 34.0 Å². The standard InChI is InChI=1S/C18H24N4O4S2/c19-22-20-8-4-1-5-9-26-21-11-13(10-17(24)25)18-16(12-23)27-14-6-2-3-7-15(14)28-18/h2-3,6-7,11,16,23H,1,4-5,8-10,12H2,(H2,19,20)(H,24,25)/b18-13-,21-11+. The first kappa shape index (κ1) is 22.3. The number of carboxylic acid groups (broad SMARTS) is 1. The van der Waals surface area contributed by atoms with Gasteiger partial charge in [-0.2, -0.15) is 5.53 Å². The molecule has 0 saturated carbocycles. The molecule has 1 aliphatic rings. The summed E-state index contributed by atoms with van der Waals surface area (Å²) in [4.78, 5) is 19.5. The van der Waals surface area contributed by atoms with E-state index in [1.807, 2.05) is 24.3 Å². The number of carbonyl (C=O) groups is 1. The molecule has 0 fully saturated rings. The molecule has 1 heterocycles. The van der Waals surface area contributed by atoms with E-state index in [0.29, 0.717) is 18.7 Å². The first-order valence-corrected chi connectivity index (χ1v) is 10.6. The molecule has 8 nitrogen and oxygen atoms in total. The number of oxime groups is 1. The number of aliphatic hydroxyl groups is 1. The minimum Gasteiger partial charge on any atom is -0.481 e. The molecule has 10 heteroatoms. The SMILES string of the molecule is N=NNCCCCCO/N=C/C(CC(=O)O)=C1\Sc2ccccc2SC1CO. The second kappa shape index (κ2) is 12.4. The topological polar surface area (TPSA) is 127 Å². The molecule has 1 aliphatic heterocycles. The zero-order chi connectivity index (χ0) is 20.2. The summed E-state index contributed by atoms with van der Waals surface area (Å²) in [6.45, 7) is 0.997. The highest BCUT2D eigenvalue weighted by Crippen LogP contribution is 2.48. The highest BCUT2D eigenvalue weighted by atomic mass is 32.2. The van der Waals surface area contributed by atoms with Crippen molar-refractivity contribution in [1.82, 2.24) is 5.43 Å². The lowest BCUT2D eigenvalue weighted by Crippen LogP contribution is -2.17. The lowest BCUT2D eigenvalue weighted by atomic mass is 10.1. The molecule has 0 spiro atoms. The Morgan fingerprint density at radius 1 is 1.29 bits per heavy atom. The summed E-state index contributed by atoms with van der Waals surface area (Å²) < 4.78 is 0. The zero-order valence-corrected chi connectivity index (χ0v) is 17.0. The number of nitrogens with zero attached hydrogens (tertiary/aromatic N) is 2. The molecule has 1 aromatic rings. The Hall–Kier alpha value is -2.04. The maximum Gasteiger partial charge on any atom is 0.307 e. The largest absolute Gasteiger partial charge is 0.481 e. The van der Waals surface area contributed by atoms with Gasteiger partial charge in [0.05, 0.1) is 24.5 Å². The quantitative estimate of drug-likeness (QED) is 0.174. The van der Waals surface area contributed by atoms with E-state index < -0.39 is 5.97 Å². The maximum absolute atomic E-state index is 11.3. The second-order valence-corrected chi connectivity index (χ2v) is 8.27. The third kappa shape index (κ3) is 7.17. The molecule has 0 aliphatic carbocycles. The minimum absolute atomic E-state index is 0.0855. The van der Waals surface area contributed by atoms with Gasteiger partial charge in [-0.25, -0.2) is 0 Å². The minimum atomic E-state index is -0.956. The number of unbranched alkanes of at least 4 members (excludes halogenated alkanes) is 2. The molecule has 28 heavy (non-hydrogen) atoms. The molecule has 0 aromatic heterocycles. The Morgan fingerprint density at radius 3 is 2.79 bits per heavy atom. The zero-order valence-electron chi connectivity index (χ0n) is 15.3. The van der Waals surface area contributed by atoms with Crippen LogP contribution in [0.1, 0.15) is 25.7 Å². The number of hydrogen-bond donors (Lipinski definition) is 4. The van der Waals surface area contributed by atoms with Crippen molar-refractivity contribution in [3.05, 3.63) is 34.7 Å². The number of aliphatic carboxylic acids is 1. The van der Waals surface area contributed by atoms with Gasteiger partial charge in [0.2, 0.25) is 0 Å². The molecule has 1 atom stereocenters. The van der Waals surface area contributed by atoms with Gasteiger partial charge in [-0.05, 0) is 37.0 Å². The average molecular weight is 425 g/mol. The van der Waals surface area contributed by atoms with Crippen molar-refractivity contribution < 1.29 is 19.8 Å². The van der Waals surface area contributed by atoms with Crippen molar-refractivity contribution in [3.63, 3.8) is 0 Å². The fourth-order valence-electron chi connectivity index (χ4n) is 2.53. The van der Waals surface area contributed by atoms with Crippen LogP contribution in [0, 0.1) is 5.53 Å². The number of rotatable bonds is 12. The molecule has 0 bridgehead atoms. The highest BCUT2D eigenvalue weighted by molar-refractivity contribution is 8.08. The highest BCUT2D eigenvalue weighted by Gasteiger charge is 2.27. The smallest absolute Gasteiger partial charge is 0.307 e. The van der Waals surface area contributed by atoms with Gasteiger partial charge in [-0.3, -0.25) is 10.2 Å². The van der Waals surface area contributed by atoms with E-state index >= 15 is 0 Å². The van der Waals surface area contributed by atoms with Crippen LogP contribution in [0.4, 0.5) is 0 Å². The van der Waals surface area contributed by atoms with Crippen LogP contribution in [-0.2, 0) is 9.63 Å². The van der Waals surface area contributed by atoms with Crippen molar-refractivity contribution in [2.24, 2.45) is 10.4 Å². The Bertz CT molecular complexity index is 727. The Balaban J connectivity index is 2.01. The van der Waals surface area contributed by atoms with Crippen molar-refractivity contribution in [1.29, 1.82) is 5.53 Å². The van der Waals surface area contributed by atoms with Gasteiger partial charge in [0.15, 0.2) is 0 Å². The van der Waals surface area contributed by atoms with Crippen LogP contribution in [0.2, 0.25) is 0 Å². The van der Waals surface area contributed by atoms with Crippen LogP contribution >= 0.6 is 23.5 Å². The number of fused-ring (bicyclic) bond motifs is 1. The summed E-state index contributed by atoms with van der Waals surface area (Å²) in [6, 6.07) is 7.86. The fraction of sp³-hybridized carbons (Fsp3) is 0.444. The molecule has 0 saturated heterocycles. The summed E-state index contributed by atoms with van der Waals surface area (Å²) in [5.41, 5.74) is 9.73. The molecular weight excluding hydrogens is 400 g/mol. The van der Waals surface area contributed by atoms with Crippen LogP contribution in [0.3, 0.4) is 0 Å². The van der Waals surface area contributed by atoms with E-state index in [4.69, 9.17) is 10.4 Å². The molecule has 1 unspecified atom stereocenters. The average Bonchev–Trinajstić information content (AvgIpc) is 2.70. The van der Waals surface area contributed by atoms with E-state index in [-0.39, 0.29) is 18.3 Å². The van der Waals surface area contributed by atoms with Crippen LogP contribution in [0.5, 0.6) is 0 Å². The van der Waals surface area contributed by atoms with Crippen LogP contribution < -0.4 is 5.43 Å². The molecule has 0 amide bonds. The van der Waals surface area contributed by atoms with Gasteiger partial charge in [0, 0.05) is 21.2 Å². The lowest BCUT2D eigenvalue weighted by molar-refractivity contribution is -0.136. The summed E-state index contributed by atoms with van der Waals surface area (Å²) in [7, 11) is 0. The first-order chi connectivity index (χ1) is 13.7. The summed E-state index contributed by atoms with van der Waals surface area (Å²) in [5, 5.41) is 25.8. The number of benzene rings is 1. The van der Waals surface area contributed by atoms with E-state index in [9.17, 15) is 15.0 Å². The number of nitrogens with one attached hydrogen (secondary N) is 2. The Kier molecular flexibility index (Phi) is 9.87. The number of carboxylic acids is 1. The van der Waals surface area contributed by atoms with Gasteiger partial charge in [-0.1, -0.05) is 34.3 Å². The van der Waals surface area contributed by atoms with Gasteiger partial charge < -0.3 is 15.1 Å². The first-order valence-electron chi connectivity index (χ1n) is 8.89. The molecule has 2 rings (SSSR count). The Labute approximate surface area is 172 Å². The van der Waals surface area contributed by atoms with Gasteiger partial charge in [-0.15, -0.1) is 11.8 Å². The van der Waals surface area contributed by atoms with Gasteiger partial charge in [0.1, 0.15) is 6.61 Å². The molecule has 0 radical (unpaired) electrons. The van der Waals surface area contributed by atoms with Crippen LogP contribution in [-0.4, -0.2) is 47.4 Å². The third-order valence-corrected chi connectivity index (χ3v) is 6.74. The van der Waals surface area contributed by atoms with Crippen molar-refractivity contribution in [2.75, 3.05) is 19.8 Å².